The molecular weight excluding hydrogens is 500 g/mol. The number of aromatic nitrogens is 4. The summed E-state index contributed by atoms with van der Waals surface area (Å²) < 4.78 is 12.9. The number of nitrogens with one attached hydrogen (secondary N) is 1. The number of hydrogen-bond donors (Lipinski definition) is 1. The summed E-state index contributed by atoms with van der Waals surface area (Å²) in [7, 11) is 1.59. The van der Waals surface area contributed by atoms with Crippen LogP contribution in [0.5, 0.6) is 5.75 Å². The molecule has 1 aliphatic heterocycles. The van der Waals surface area contributed by atoms with Gasteiger partial charge in [0.1, 0.15) is 22.5 Å². The Labute approximate surface area is 207 Å². The van der Waals surface area contributed by atoms with E-state index in [0.29, 0.717) is 41.0 Å². The highest BCUT2D eigenvalue weighted by Crippen LogP contribution is 2.29. The van der Waals surface area contributed by atoms with Crippen molar-refractivity contribution in [1.29, 1.82) is 0 Å². The second-order valence-corrected chi connectivity index (χ2v) is 9.08. The fourth-order valence-electron chi connectivity index (χ4n) is 4.22. The molecule has 0 saturated carbocycles. The van der Waals surface area contributed by atoms with E-state index in [4.69, 9.17) is 9.47 Å². The number of fused-ring (bicyclic) bond motifs is 1. The van der Waals surface area contributed by atoms with Gasteiger partial charge in [0.25, 0.3) is 0 Å². The molecule has 180 valence electrons. The molecule has 4 rings (SSSR count). The summed E-state index contributed by atoms with van der Waals surface area (Å²) in [4.78, 5) is 28.6. The van der Waals surface area contributed by atoms with Gasteiger partial charge in [0.15, 0.2) is 0 Å². The van der Waals surface area contributed by atoms with Gasteiger partial charge in [0, 0.05) is 31.3 Å². The van der Waals surface area contributed by atoms with E-state index in [9.17, 15) is 4.79 Å². The van der Waals surface area contributed by atoms with E-state index >= 15 is 0 Å². The first kappa shape index (κ1) is 24.0. The highest BCUT2D eigenvalue weighted by molar-refractivity contribution is 9.10. The van der Waals surface area contributed by atoms with Crippen LogP contribution in [0, 0.1) is 5.92 Å². The van der Waals surface area contributed by atoms with Crippen LogP contribution in [0.2, 0.25) is 0 Å². The van der Waals surface area contributed by atoms with E-state index in [1.54, 1.807) is 26.4 Å². The molecule has 0 aliphatic carbocycles. The van der Waals surface area contributed by atoms with Gasteiger partial charge in [0.05, 0.1) is 23.9 Å². The smallest absolute Gasteiger partial charge is 0.426 e. The summed E-state index contributed by atoms with van der Waals surface area (Å²) in [5.74, 6) is 2.85. The maximum absolute atomic E-state index is 12.8. The number of piperidine rings is 1. The van der Waals surface area contributed by atoms with Gasteiger partial charge in [0.2, 0.25) is 5.95 Å². The number of imidazole rings is 1. The number of ether oxygens (including phenoxy) is 2. The Kier molecular flexibility index (Phi) is 7.35. The van der Waals surface area contributed by atoms with Crippen LogP contribution in [0.15, 0.2) is 41.5 Å². The first-order valence-electron chi connectivity index (χ1n) is 11.3. The number of nitrogens with zero attached hydrogens (tertiary/aromatic N) is 5. The third kappa shape index (κ3) is 5.01. The zero-order chi connectivity index (χ0) is 24.2. The average molecular weight is 529 g/mol. The molecule has 0 atom stereocenters. The van der Waals surface area contributed by atoms with Crippen molar-refractivity contribution in [1.82, 2.24) is 19.5 Å². The van der Waals surface area contributed by atoms with Gasteiger partial charge in [-0.25, -0.2) is 24.3 Å². The Morgan fingerprint density at radius 2 is 2.06 bits per heavy atom. The third-order valence-electron chi connectivity index (χ3n) is 5.99. The zero-order valence-corrected chi connectivity index (χ0v) is 21.3. The predicted molar refractivity (Wildman–Crippen MR) is 136 cm³/mol. The van der Waals surface area contributed by atoms with E-state index in [-0.39, 0.29) is 0 Å². The second-order valence-electron chi connectivity index (χ2n) is 8.33. The highest BCUT2D eigenvalue weighted by atomic mass is 79.9. The molecular formula is C24H29BrN6O3. The third-order valence-corrected chi connectivity index (χ3v) is 6.68. The fraction of sp³-hybridized carbons (Fsp3) is 0.417. The molecule has 34 heavy (non-hydrogen) atoms. The predicted octanol–water partition coefficient (Wildman–Crippen LogP) is 5.01. The van der Waals surface area contributed by atoms with Gasteiger partial charge in [-0.3, -0.25) is 0 Å². The minimum Gasteiger partial charge on any atom is -0.497 e. The number of rotatable bonds is 7. The second kappa shape index (κ2) is 10.4. The molecule has 1 fully saturated rings. The SMILES string of the molecule is C=C(C)OC(=O)n1c(NCC2CCN(c3ncnc(Br)c3CC)CC2)nc2ccc(OC)cc21. The van der Waals surface area contributed by atoms with Crippen LogP contribution in [-0.4, -0.2) is 52.4 Å². The lowest BCUT2D eigenvalue weighted by Gasteiger charge is -2.34. The maximum Gasteiger partial charge on any atom is 0.426 e. The van der Waals surface area contributed by atoms with Crippen molar-refractivity contribution < 1.29 is 14.3 Å². The Morgan fingerprint density at radius 3 is 2.74 bits per heavy atom. The van der Waals surface area contributed by atoms with Crippen LogP contribution in [0.1, 0.15) is 32.3 Å². The van der Waals surface area contributed by atoms with E-state index in [2.05, 4.69) is 54.6 Å². The Balaban J connectivity index is 1.47. The van der Waals surface area contributed by atoms with Crippen LogP contribution < -0.4 is 15.0 Å². The minimum absolute atomic E-state index is 0.316. The Hall–Kier alpha value is -3.14. The highest BCUT2D eigenvalue weighted by Gasteiger charge is 2.24. The molecule has 0 radical (unpaired) electrons. The largest absolute Gasteiger partial charge is 0.497 e. The molecule has 1 saturated heterocycles. The summed E-state index contributed by atoms with van der Waals surface area (Å²) >= 11 is 3.55. The number of carbonyl (C=O) groups excluding carboxylic acids is 1. The molecule has 0 bridgehead atoms. The molecule has 1 aromatic carbocycles. The van der Waals surface area contributed by atoms with E-state index < -0.39 is 6.09 Å². The number of anilines is 2. The fourth-order valence-corrected chi connectivity index (χ4v) is 4.77. The summed E-state index contributed by atoms with van der Waals surface area (Å²) in [5, 5.41) is 3.38. The van der Waals surface area contributed by atoms with Crippen molar-refractivity contribution in [3.8, 4) is 5.75 Å². The van der Waals surface area contributed by atoms with Gasteiger partial charge in [-0.2, -0.15) is 0 Å². The molecule has 9 nitrogen and oxygen atoms in total. The van der Waals surface area contributed by atoms with Crippen LogP contribution in [0.4, 0.5) is 16.6 Å². The summed E-state index contributed by atoms with van der Waals surface area (Å²) in [6.45, 7) is 9.95. The van der Waals surface area contributed by atoms with Crippen LogP contribution in [-0.2, 0) is 11.2 Å². The van der Waals surface area contributed by atoms with Crippen LogP contribution >= 0.6 is 15.9 Å². The maximum atomic E-state index is 12.8. The van der Waals surface area contributed by atoms with E-state index in [1.165, 1.54) is 4.57 Å². The molecule has 3 heterocycles. The minimum atomic E-state index is -0.554. The molecule has 0 unspecified atom stereocenters. The number of benzene rings is 1. The van der Waals surface area contributed by atoms with Crippen molar-refractivity contribution in [2.45, 2.75) is 33.1 Å². The number of methoxy groups -OCH3 is 1. The van der Waals surface area contributed by atoms with Gasteiger partial charge in [-0.1, -0.05) is 13.5 Å². The van der Waals surface area contributed by atoms with Gasteiger partial charge < -0.3 is 19.7 Å². The van der Waals surface area contributed by atoms with Crippen molar-refractivity contribution in [3.63, 3.8) is 0 Å². The first-order valence-corrected chi connectivity index (χ1v) is 12.1. The van der Waals surface area contributed by atoms with Crippen molar-refractivity contribution >= 4 is 44.8 Å². The lowest BCUT2D eigenvalue weighted by molar-refractivity contribution is 0.180. The number of allylic oxidation sites excluding steroid dienone is 1. The summed E-state index contributed by atoms with van der Waals surface area (Å²) in [5.41, 5.74) is 2.43. The molecule has 1 aliphatic rings. The molecule has 0 amide bonds. The van der Waals surface area contributed by atoms with Crippen molar-refractivity contribution in [3.05, 3.63) is 47.0 Å². The number of carbonyl (C=O) groups is 1. The van der Waals surface area contributed by atoms with E-state index in [1.807, 2.05) is 12.1 Å². The number of hydrogen-bond acceptors (Lipinski definition) is 8. The monoisotopic (exact) mass is 528 g/mol. The standard InChI is InChI=1S/C24H29BrN6O3/c1-5-18-21(25)27-14-28-22(18)30-10-8-16(9-11-30)13-26-23-29-19-7-6-17(33-4)12-20(19)31(23)24(32)34-15(2)3/h6-7,12,14,16H,2,5,8-11,13H2,1,3-4H3,(H,26,29). The van der Waals surface area contributed by atoms with E-state index in [0.717, 1.165) is 48.3 Å². The normalized spacial score (nSPS) is 14.3. The molecule has 0 spiro atoms. The Morgan fingerprint density at radius 1 is 1.29 bits per heavy atom. The topological polar surface area (TPSA) is 94.4 Å². The molecule has 1 N–H and O–H groups in total. The quantitative estimate of drug-likeness (QED) is 0.338. The lowest BCUT2D eigenvalue weighted by Crippen LogP contribution is -2.37. The van der Waals surface area contributed by atoms with Crippen LogP contribution in [0.3, 0.4) is 0 Å². The molecule has 2 aromatic heterocycles. The lowest BCUT2D eigenvalue weighted by atomic mass is 9.96. The van der Waals surface area contributed by atoms with Crippen molar-refractivity contribution in [2.75, 3.05) is 37.0 Å². The summed E-state index contributed by atoms with van der Waals surface area (Å²) in [6.07, 6.45) is 3.93. The zero-order valence-electron chi connectivity index (χ0n) is 19.7. The van der Waals surface area contributed by atoms with Gasteiger partial charge in [-0.05, 0) is 60.2 Å². The van der Waals surface area contributed by atoms with Gasteiger partial charge >= 0.3 is 6.09 Å². The van der Waals surface area contributed by atoms with Crippen molar-refractivity contribution in [2.24, 2.45) is 5.92 Å². The first-order chi connectivity index (χ1) is 16.4. The average Bonchev–Trinajstić information content (AvgIpc) is 3.20. The summed E-state index contributed by atoms with van der Waals surface area (Å²) in [6, 6.07) is 5.42. The van der Waals surface area contributed by atoms with Gasteiger partial charge in [-0.15, -0.1) is 0 Å². The molecule has 3 aromatic rings. The van der Waals surface area contributed by atoms with Crippen LogP contribution in [0.25, 0.3) is 11.0 Å². The number of halogens is 1. The Bertz CT molecular complexity index is 1200. The molecule has 10 heteroatoms.